The molecule has 0 spiro atoms. The minimum Gasteiger partial charge on any atom is -0.361 e. The zero-order valence-corrected chi connectivity index (χ0v) is 14.7. The maximum atomic E-state index is 4.53. The molecule has 2 aromatic heterocycles. The van der Waals surface area contributed by atoms with E-state index in [1.165, 1.54) is 36.4 Å². The van der Waals surface area contributed by atoms with Crippen molar-refractivity contribution in [2.24, 2.45) is 0 Å². The molecule has 24 heavy (non-hydrogen) atoms. The Balaban J connectivity index is 1.65. The molecule has 3 heterocycles. The molecule has 0 aliphatic carbocycles. The maximum absolute atomic E-state index is 4.53. The zero-order chi connectivity index (χ0) is 16.4. The van der Waals surface area contributed by atoms with Crippen LogP contribution in [0.2, 0.25) is 0 Å². The maximum Gasteiger partial charge on any atom is 0.138 e. The molecule has 4 rings (SSSR count). The summed E-state index contributed by atoms with van der Waals surface area (Å²) >= 11 is 1.72. The molecule has 1 unspecified atom stereocenters. The second-order valence-electron chi connectivity index (χ2n) is 6.41. The van der Waals surface area contributed by atoms with Crippen LogP contribution >= 0.6 is 11.3 Å². The summed E-state index contributed by atoms with van der Waals surface area (Å²) < 4.78 is 0. The van der Waals surface area contributed by atoms with E-state index in [-0.39, 0.29) is 6.04 Å². The highest BCUT2D eigenvalue weighted by Crippen LogP contribution is 2.30. The van der Waals surface area contributed by atoms with Gasteiger partial charge in [-0.05, 0) is 44.5 Å². The lowest BCUT2D eigenvalue weighted by atomic mass is 10.1. The van der Waals surface area contributed by atoms with Crippen LogP contribution in [0.4, 0.5) is 5.82 Å². The highest BCUT2D eigenvalue weighted by Gasteiger charge is 2.20. The van der Waals surface area contributed by atoms with Crippen molar-refractivity contribution in [1.82, 2.24) is 14.9 Å². The van der Waals surface area contributed by atoms with Crippen LogP contribution in [-0.4, -0.2) is 34.5 Å². The van der Waals surface area contributed by atoms with Crippen molar-refractivity contribution >= 4 is 27.4 Å². The van der Waals surface area contributed by atoms with Crippen molar-refractivity contribution in [2.45, 2.75) is 25.8 Å². The first-order valence-electron chi connectivity index (χ1n) is 8.54. The smallest absolute Gasteiger partial charge is 0.138 e. The van der Waals surface area contributed by atoms with Crippen LogP contribution in [0, 0.1) is 6.92 Å². The van der Waals surface area contributed by atoms with Crippen LogP contribution < -0.4 is 5.32 Å². The average molecular weight is 338 g/mol. The lowest BCUT2D eigenvalue weighted by Crippen LogP contribution is -2.29. The quantitative estimate of drug-likeness (QED) is 0.755. The molecule has 0 amide bonds. The third kappa shape index (κ3) is 3.28. The Kier molecular flexibility index (Phi) is 4.45. The Morgan fingerprint density at radius 2 is 1.96 bits per heavy atom. The standard InChI is InChI=1S/C19H22N4S/c1-14-11-16-18(20-13-21-19(16)24-14)22-17(12-23-9-5-6-10-23)15-7-3-2-4-8-15/h2-4,7-8,11,13,17H,5-6,9-10,12H2,1H3,(H,20,21,22). The lowest BCUT2D eigenvalue weighted by molar-refractivity contribution is 0.323. The average Bonchev–Trinajstić information content (AvgIpc) is 3.24. The van der Waals surface area contributed by atoms with Crippen LogP contribution in [0.5, 0.6) is 0 Å². The predicted molar refractivity (Wildman–Crippen MR) is 101 cm³/mol. The molecule has 124 valence electrons. The Morgan fingerprint density at radius 3 is 2.75 bits per heavy atom. The summed E-state index contributed by atoms with van der Waals surface area (Å²) in [6.45, 7) is 5.52. The fraction of sp³-hybridized carbons (Fsp3) is 0.368. The van der Waals surface area contributed by atoms with E-state index in [4.69, 9.17) is 0 Å². The highest BCUT2D eigenvalue weighted by molar-refractivity contribution is 7.18. The van der Waals surface area contributed by atoms with Gasteiger partial charge in [-0.15, -0.1) is 11.3 Å². The van der Waals surface area contributed by atoms with Gasteiger partial charge in [-0.3, -0.25) is 0 Å². The van der Waals surface area contributed by atoms with Crippen molar-refractivity contribution in [3.63, 3.8) is 0 Å². The molecule has 0 bridgehead atoms. The molecule has 0 saturated carbocycles. The first-order valence-corrected chi connectivity index (χ1v) is 9.36. The van der Waals surface area contributed by atoms with Crippen molar-refractivity contribution in [3.8, 4) is 0 Å². The van der Waals surface area contributed by atoms with E-state index in [9.17, 15) is 0 Å². The van der Waals surface area contributed by atoms with E-state index >= 15 is 0 Å². The molecule has 1 saturated heterocycles. The van der Waals surface area contributed by atoms with E-state index in [1.807, 2.05) is 0 Å². The summed E-state index contributed by atoms with van der Waals surface area (Å²) in [5, 5.41) is 4.82. The fourth-order valence-corrected chi connectivity index (χ4v) is 4.25. The Bertz CT molecular complexity index is 809. The fourth-order valence-electron chi connectivity index (χ4n) is 3.40. The molecule has 1 aliphatic heterocycles. The zero-order valence-electron chi connectivity index (χ0n) is 13.9. The summed E-state index contributed by atoms with van der Waals surface area (Å²) in [5.74, 6) is 0.942. The third-order valence-corrected chi connectivity index (χ3v) is 5.56. The molecule has 1 atom stereocenters. The SMILES string of the molecule is Cc1cc2c(NC(CN3CCCC3)c3ccccc3)ncnc2s1. The van der Waals surface area contributed by atoms with Gasteiger partial charge in [0.1, 0.15) is 17.0 Å². The summed E-state index contributed by atoms with van der Waals surface area (Å²) in [6.07, 6.45) is 4.28. The normalized spacial score (nSPS) is 16.5. The highest BCUT2D eigenvalue weighted by atomic mass is 32.1. The molecule has 4 nitrogen and oxygen atoms in total. The van der Waals surface area contributed by atoms with Gasteiger partial charge in [0.25, 0.3) is 0 Å². The number of likely N-dealkylation sites (tertiary alicyclic amines) is 1. The van der Waals surface area contributed by atoms with Crippen molar-refractivity contribution in [1.29, 1.82) is 0 Å². The van der Waals surface area contributed by atoms with E-state index < -0.39 is 0 Å². The number of benzene rings is 1. The number of hydrogen-bond acceptors (Lipinski definition) is 5. The van der Waals surface area contributed by atoms with Crippen LogP contribution in [0.3, 0.4) is 0 Å². The van der Waals surface area contributed by atoms with Gasteiger partial charge in [-0.1, -0.05) is 30.3 Å². The van der Waals surface area contributed by atoms with E-state index in [2.05, 4.69) is 63.5 Å². The Hall–Kier alpha value is -1.98. The van der Waals surface area contributed by atoms with Gasteiger partial charge in [0, 0.05) is 11.4 Å². The first-order chi connectivity index (χ1) is 11.8. The van der Waals surface area contributed by atoms with E-state index in [1.54, 1.807) is 17.7 Å². The number of hydrogen-bond donors (Lipinski definition) is 1. The number of aromatic nitrogens is 2. The molecule has 0 radical (unpaired) electrons. The Morgan fingerprint density at radius 1 is 1.17 bits per heavy atom. The van der Waals surface area contributed by atoms with Gasteiger partial charge in [0.2, 0.25) is 0 Å². The van der Waals surface area contributed by atoms with Gasteiger partial charge in [0.05, 0.1) is 11.4 Å². The summed E-state index contributed by atoms with van der Waals surface area (Å²) in [5.41, 5.74) is 1.31. The summed E-state index contributed by atoms with van der Waals surface area (Å²) in [4.78, 5) is 13.8. The second kappa shape index (κ2) is 6.87. The lowest BCUT2D eigenvalue weighted by Gasteiger charge is -2.25. The number of thiophene rings is 1. The minimum absolute atomic E-state index is 0.239. The molecule has 1 N–H and O–H groups in total. The van der Waals surface area contributed by atoms with Crippen molar-refractivity contribution < 1.29 is 0 Å². The first kappa shape index (κ1) is 15.5. The summed E-state index contributed by atoms with van der Waals surface area (Å²) in [6, 6.07) is 13.1. The largest absolute Gasteiger partial charge is 0.361 e. The van der Waals surface area contributed by atoms with Gasteiger partial charge < -0.3 is 10.2 Å². The topological polar surface area (TPSA) is 41.0 Å². The van der Waals surface area contributed by atoms with Gasteiger partial charge in [-0.2, -0.15) is 0 Å². The Labute approximate surface area is 146 Å². The monoisotopic (exact) mass is 338 g/mol. The van der Waals surface area contributed by atoms with Gasteiger partial charge >= 0.3 is 0 Å². The molecule has 5 heteroatoms. The molecule has 1 fully saturated rings. The predicted octanol–water partition coefficient (Wildman–Crippen LogP) is 4.25. The van der Waals surface area contributed by atoms with Gasteiger partial charge in [-0.25, -0.2) is 9.97 Å². The van der Waals surface area contributed by atoms with Gasteiger partial charge in [0.15, 0.2) is 0 Å². The number of nitrogens with one attached hydrogen (secondary N) is 1. The van der Waals surface area contributed by atoms with E-state index in [0.29, 0.717) is 0 Å². The third-order valence-electron chi connectivity index (χ3n) is 4.60. The number of rotatable bonds is 5. The number of fused-ring (bicyclic) bond motifs is 1. The molecule has 1 aromatic carbocycles. The second-order valence-corrected chi connectivity index (χ2v) is 7.65. The van der Waals surface area contributed by atoms with E-state index in [0.717, 1.165) is 22.6 Å². The van der Waals surface area contributed by atoms with Crippen LogP contribution in [0.15, 0.2) is 42.7 Å². The van der Waals surface area contributed by atoms with Crippen LogP contribution in [-0.2, 0) is 0 Å². The molecular formula is C19H22N4S. The number of anilines is 1. The molecule has 1 aliphatic rings. The molecule has 3 aromatic rings. The summed E-state index contributed by atoms with van der Waals surface area (Å²) in [7, 11) is 0. The molecular weight excluding hydrogens is 316 g/mol. The van der Waals surface area contributed by atoms with Crippen molar-refractivity contribution in [3.05, 3.63) is 53.2 Å². The number of nitrogens with zero attached hydrogens (tertiary/aromatic N) is 3. The van der Waals surface area contributed by atoms with Crippen molar-refractivity contribution in [2.75, 3.05) is 25.0 Å². The van der Waals surface area contributed by atoms with Crippen LogP contribution in [0.1, 0.15) is 29.3 Å². The van der Waals surface area contributed by atoms with Crippen LogP contribution in [0.25, 0.3) is 10.2 Å². The number of aryl methyl sites for hydroxylation is 1. The minimum atomic E-state index is 0.239.